The fourth-order valence-corrected chi connectivity index (χ4v) is 0.670. The molecule has 6 nitrogen and oxygen atoms in total. The van der Waals surface area contributed by atoms with Crippen LogP contribution in [-0.2, 0) is 16.1 Å². The summed E-state index contributed by atoms with van der Waals surface area (Å²) < 4.78 is 6.35. The van der Waals surface area contributed by atoms with Crippen LogP contribution in [0.25, 0.3) is 0 Å². The van der Waals surface area contributed by atoms with Crippen LogP contribution in [0.15, 0.2) is 12.4 Å². The number of nitrogens with zero attached hydrogens (tertiary/aromatic N) is 3. The molecule has 1 aromatic heterocycles. The molecule has 1 rings (SSSR count). The van der Waals surface area contributed by atoms with Gasteiger partial charge in [-0.25, -0.2) is 4.79 Å². The Hall–Kier alpha value is -1.43. The minimum Gasteiger partial charge on any atom is -0.480 e. The van der Waals surface area contributed by atoms with E-state index in [-0.39, 0.29) is 6.61 Å². The van der Waals surface area contributed by atoms with Gasteiger partial charge >= 0.3 is 5.97 Å². The second-order valence-electron chi connectivity index (χ2n) is 2.11. The fraction of sp³-hybridized carbons (Fsp3) is 0.500. The van der Waals surface area contributed by atoms with Crippen molar-refractivity contribution in [3.05, 3.63) is 12.4 Å². The second kappa shape index (κ2) is 4.45. The normalized spacial score (nSPS) is 10.0. The molecule has 6 heteroatoms. The number of carboxylic acids is 1. The quantitative estimate of drug-likeness (QED) is 0.597. The van der Waals surface area contributed by atoms with Gasteiger partial charge in [0.15, 0.2) is 0 Å². The summed E-state index contributed by atoms with van der Waals surface area (Å²) in [5.74, 6) is -0.964. The molecule has 0 aromatic carbocycles. The molecule has 0 saturated heterocycles. The first-order valence-electron chi connectivity index (χ1n) is 3.42. The number of hydrogen-bond donors (Lipinski definition) is 1. The molecule has 0 bridgehead atoms. The molecular formula is C6H9N3O3. The predicted octanol–water partition coefficient (Wildman–Crippen LogP) is -0.621. The first kappa shape index (κ1) is 8.66. The summed E-state index contributed by atoms with van der Waals surface area (Å²) in [4.78, 5) is 10.0. The van der Waals surface area contributed by atoms with E-state index in [1.807, 2.05) is 0 Å². The van der Waals surface area contributed by atoms with E-state index in [1.54, 1.807) is 17.1 Å². The van der Waals surface area contributed by atoms with Crippen molar-refractivity contribution >= 4 is 5.97 Å². The largest absolute Gasteiger partial charge is 0.480 e. The summed E-state index contributed by atoms with van der Waals surface area (Å²) in [6.45, 7) is 0.581. The third-order valence-corrected chi connectivity index (χ3v) is 1.16. The number of aromatic nitrogens is 3. The van der Waals surface area contributed by atoms with Crippen LogP contribution in [0.4, 0.5) is 0 Å². The zero-order valence-electron chi connectivity index (χ0n) is 6.38. The van der Waals surface area contributed by atoms with Gasteiger partial charge in [0.2, 0.25) is 0 Å². The van der Waals surface area contributed by atoms with Crippen LogP contribution in [0.1, 0.15) is 0 Å². The first-order chi connectivity index (χ1) is 5.79. The van der Waals surface area contributed by atoms with Crippen molar-refractivity contribution in [1.29, 1.82) is 0 Å². The molecule has 0 spiro atoms. The predicted molar refractivity (Wildman–Crippen MR) is 38.5 cm³/mol. The minimum absolute atomic E-state index is 0.269. The molecule has 0 radical (unpaired) electrons. The van der Waals surface area contributed by atoms with Gasteiger partial charge in [0, 0.05) is 6.20 Å². The zero-order chi connectivity index (χ0) is 8.81. The molecule has 0 fully saturated rings. The summed E-state index contributed by atoms with van der Waals surface area (Å²) in [5, 5.41) is 15.5. The van der Waals surface area contributed by atoms with Gasteiger partial charge in [0.1, 0.15) is 6.61 Å². The van der Waals surface area contributed by atoms with Gasteiger partial charge in [-0.2, -0.15) is 0 Å². The van der Waals surface area contributed by atoms with Gasteiger partial charge in [0.25, 0.3) is 0 Å². The third-order valence-electron chi connectivity index (χ3n) is 1.16. The molecule has 0 saturated carbocycles. The number of carboxylic acid groups (broad SMARTS) is 1. The van der Waals surface area contributed by atoms with Crippen LogP contribution in [0.2, 0.25) is 0 Å². The maximum atomic E-state index is 10.0. The number of rotatable bonds is 5. The zero-order valence-corrected chi connectivity index (χ0v) is 6.38. The molecule has 1 aromatic rings. The minimum atomic E-state index is -0.964. The lowest BCUT2D eigenvalue weighted by atomic mass is 10.6. The number of ether oxygens (including phenoxy) is 1. The SMILES string of the molecule is O=C(O)COCCn1ccnn1. The van der Waals surface area contributed by atoms with Crippen molar-refractivity contribution < 1.29 is 14.6 Å². The van der Waals surface area contributed by atoms with Crippen LogP contribution in [0.3, 0.4) is 0 Å². The van der Waals surface area contributed by atoms with E-state index in [0.717, 1.165) is 0 Å². The van der Waals surface area contributed by atoms with E-state index in [9.17, 15) is 4.79 Å². The smallest absolute Gasteiger partial charge is 0.329 e. The first-order valence-corrected chi connectivity index (χ1v) is 3.42. The molecule has 0 atom stereocenters. The molecule has 0 unspecified atom stereocenters. The topological polar surface area (TPSA) is 77.2 Å². The van der Waals surface area contributed by atoms with Crippen LogP contribution >= 0.6 is 0 Å². The van der Waals surface area contributed by atoms with Crippen LogP contribution in [0.5, 0.6) is 0 Å². The molecular weight excluding hydrogens is 162 g/mol. The van der Waals surface area contributed by atoms with Gasteiger partial charge in [-0.15, -0.1) is 5.10 Å². The Bertz CT molecular complexity index is 234. The average Bonchev–Trinajstić information content (AvgIpc) is 2.49. The highest BCUT2D eigenvalue weighted by Crippen LogP contribution is 1.82. The standard InChI is InChI=1S/C6H9N3O3/c10-6(11)5-12-4-3-9-2-1-7-8-9/h1-2H,3-5H2,(H,10,11). The third kappa shape index (κ3) is 3.11. The van der Waals surface area contributed by atoms with Crippen LogP contribution in [0, 0.1) is 0 Å². The highest BCUT2D eigenvalue weighted by molar-refractivity contribution is 5.67. The molecule has 0 aliphatic rings. The van der Waals surface area contributed by atoms with Crippen LogP contribution in [-0.4, -0.2) is 39.3 Å². The Labute approximate surface area is 68.8 Å². The monoisotopic (exact) mass is 171 g/mol. The molecule has 0 aliphatic heterocycles. The average molecular weight is 171 g/mol. The Kier molecular flexibility index (Phi) is 3.21. The van der Waals surface area contributed by atoms with E-state index in [4.69, 9.17) is 9.84 Å². The second-order valence-corrected chi connectivity index (χ2v) is 2.11. The maximum absolute atomic E-state index is 10.0. The summed E-state index contributed by atoms with van der Waals surface area (Å²) >= 11 is 0. The number of hydrogen-bond acceptors (Lipinski definition) is 4. The molecule has 1 N–H and O–H groups in total. The summed E-state index contributed by atoms with van der Waals surface area (Å²) in [6.07, 6.45) is 3.24. The highest BCUT2D eigenvalue weighted by atomic mass is 16.5. The molecule has 12 heavy (non-hydrogen) atoms. The molecule has 0 aliphatic carbocycles. The molecule has 0 amide bonds. The van der Waals surface area contributed by atoms with Crippen molar-refractivity contribution in [2.45, 2.75) is 6.54 Å². The Balaban J connectivity index is 2.07. The van der Waals surface area contributed by atoms with Crippen molar-refractivity contribution in [3.63, 3.8) is 0 Å². The fourth-order valence-electron chi connectivity index (χ4n) is 0.670. The van der Waals surface area contributed by atoms with Gasteiger partial charge in [-0.1, -0.05) is 5.21 Å². The number of carbonyl (C=O) groups is 1. The highest BCUT2D eigenvalue weighted by Gasteiger charge is 1.96. The maximum Gasteiger partial charge on any atom is 0.329 e. The summed E-state index contributed by atoms with van der Waals surface area (Å²) in [6, 6.07) is 0. The van der Waals surface area contributed by atoms with E-state index in [0.29, 0.717) is 13.2 Å². The van der Waals surface area contributed by atoms with Gasteiger partial charge in [0.05, 0.1) is 19.3 Å². The lowest BCUT2D eigenvalue weighted by Gasteiger charge is -1.99. The van der Waals surface area contributed by atoms with E-state index in [2.05, 4.69) is 10.3 Å². The summed E-state index contributed by atoms with van der Waals surface area (Å²) in [7, 11) is 0. The van der Waals surface area contributed by atoms with Gasteiger partial charge < -0.3 is 9.84 Å². The van der Waals surface area contributed by atoms with Crippen LogP contribution < -0.4 is 0 Å². The number of aliphatic carboxylic acids is 1. The van der Waals surface area contributed by atoms with E-state index in [1.165, 1.54) is 0 Å². The van der Waals surface area contributed by atoms with E-state index >= 15 is 0 Å². The van der Waals surface area contributed by atoms with Gasteiger partial charge in [-0.05, 0) is 0 Å². The Morgan fingerprint density at radius 3 is 3.08 bits per heavy atom. The molecule has 1 heterocycles. The summed E-state index contributed by atoms with van der Waals surface area (Å²) in [5.41, 5.74) is 0. The van der Waals surface area contributed by atoms with Gasteiger partial charge in [-0.3, -0.25) is 4.68 Å². The lowest BCUT2D eigenvalue weighted by molar-refractivity contribution is -0.142. The Morgan fingerprint density at radius 1 is 1.67 bits per heavy atom. The van der Waals surface area contributed by atoms with Crippen molar-refractivity contribution in [2.75, 3.05) is 13.2 Å². The van der Waals surface area contributed by atoms with Crippen molar-refractivity contribution in [2.24, 2.45) is 0 Å². The lowest BCUT2D eigenvalue weighted by Crippen LogP contribution is -2.12. The molecule has 66 valence electrons. The van der Waals surface area contributed by atoms with E-state index < -0.39 is 5.97 Å². The van der Waals surface area contributed by atoms with Crippen molar-refractivity contribution in [3.8, 4) is 0 Å². The van der Waals surface area contributed by atoms with Crippen molar-refractivity contribution in [1.82, 2.24) is 15.0 Å². The Morgan fingerprint density at radius 2 is 2.50 bits per heavy atom.